The van der Waals surface area contributed by atoms with Gasteiger partial charge in [-0.25, -0.2) is 0 Å². The van der Waals surface area contributed by atoms with E-state index < -0.39 is 0 Å². The third-order valence-electron chi connectivity index (χ3n) is 3.63. The molecule has 0 heterocycles. The summed E-state index contributed by atoms with van der Waals surface area (Å²) in [6.07, 6.45) is 7.76. The summed E-state index contributed by atoms with van der Waals surface area (Å²) in [6.45, 7) is 8.08. The van der Waals surface area contributed by atoms with Gasteiger partial charge in [0.15, 0.2) is 0 Å². The number of hydrogen-bond acceptors (Lipinski definition) is 3. The summed E-state index contributed by atoms with van der Waals surface area (Å²) >= 11 is 0. The molecule has 0 bridgehead atoms. The van der Waals surface area contributed by atoms with E-state index in [2.05, 4.69) is 42.2 Å². The Hall–Kier alpha value is -1.74. The first-order chi connectivity index (χ1) is 10.8. The molecule has 0 aromatic heterocycles. The van der Waals surface area contributed by atoms with E-state index in [0.29, 0.717) is 0 Å². The molecule has 0 saturated carbocycles. The molecule has 1 aliphatic carbocycles. The van der Waals surface area contributed by atoms with Crippen molar-refractivity contribution in [2.75, 3.05) is 32.2 Å². The normalized spacial score (nSPS) is 16.4. The smallest absolute Gasteiger partial charge is 0.119 e. The lowest BCUT2D eigenvalue weighted by Crippen LogP contribution is -2.25. The molecule has 1 aromatic rings. The Balaban J connectivity index is 0.00000116. The van der Waals surface area contributed by atoms with Crippen LogP contribution in [0.2, 0.25) is 0 Å². The van der Waals surface area contributed by atoms with Gasteiger partial charge in [-0.15, -0.1) is 0 Å². The van der Waals surface area contributed by atoms with E-state index >= 15 is 0 Å². The van der Waals surface area contributed by atoms with Crippen LogP contribution in [0.3, 0.4) is 0 Å². The fraction of sp³-hybridized carbons (Fsp3) is 0.474. The number of anilines is 1. The fourth-order valence-corrected chi connectivity index (χ4v) is 2.34. The van der Waals surface area contributed by atoms with Crippen molar-refractivity contribution in [2.24, 2.45) is 0 Å². The van der Waals surface area contributed by atoms with Crippen molar-refractivity contribution in [1.29, 1.82) is 0 Å². The van der Waals surface area contributed by atoms with Crippen LogP contribution in [0.25, 0.3) is 0 Å². The Labute approximate surface area is 135 Å². The first-order valence-electron chi connectivity index (χ1n) is 8.05. The van der Waals surface area contributed by atoms with Gasteiger partial charge < -0.3 is 14.4 Å². The van der Waals surface area contributed by atoms with Crippen LogP contribution in [-0.4, -0.2) is 33.4 Å². The van der Waals surface area contributed by atoms with E-state index in [1.165, 1.54) is 11.3 Å². The van der Waals surface area contributed by atoms with Gasteiger partial charge in [0.05, 0.1) is 13.2 Å². The van der Waals surface area contributed by atoms with Gasteiger partial charge >= 0.3 is 0 Å². The molecule has 1 aromatic carbocycles. The monoisotopic (exact) mass is 303 g/mol. The highest BCUT2D eigenvalue weighted by atomic mass is 16.5. The van der Waals surface area contributed by atoms with Crippen LogP contribution in [0.1, 0.15) is 27.2 Å². The molecule has 0 N–H and O–H groups in total. The molecule has 22 heavy (non-hydrogen) atoms. The first-order valence-corrected chi connectivity index (χ1v) is 8.05. The lowest BCUT2D eigenvalue weighted by molar-refractivity contribution is 0.142. The van der Waals surface area contributed by atoms with Gasteiger partial charge in [-0.2, -0.15) is 0 Å². The zero-order chi connectivity index (χ0) is 16.4. The van der Waals surface area contributed by atoms with E-state index in [1.54, 1.807) is 14.2 Å². The molecule has 2 rings (SSSR count). The third kappa shape index (κ3) is 5.23. The zero-order valence-corrected chi connectivity index (χ0v) is 14.5. The van der Waals surface area contributed by atoms with Gasteiger partial charge in [-0.3, -0.25) is 0 Å². The van der Waals surface area contributed by atoms with Crippen LogP contribution in [0.15, 0.2) is 48.1 Å². The SMILES string of the molecule is CC.CCN(CC1=CCC(OC)C=C1)c1ccc(OC)cc1. The maximum atomic E-state index is 5.32. The molecule has 0 radical (unpaired) electrons. The zero-order valence-electron chi connectivity index (χ0n) is 14.5. The number of methoxy groups -OCH3 is 2. The summed E-state index contributed by atoms with van der Waals surface area (Å²) in [5, 5.41) is 0. The molecule has 0 aliphatic heterocycles. The summed E-state index contributed by atoms with van der Waals surface area (Å²) in [5.74, 6) is 0.893. The number of likely N-dealkylation sites (N-methyl/N-ethyl adjacent to an activating group) is 1. The molecular formula is C19H29NO2. The van der Waals surface area contributed by atoms with Crippen LogP contribution >= 0.6 is 0 Å². The van der Waals surface area contributed by atoms with E-state index in [4.69, 9.17) is 9.47 Å². The van der Waals surface area contributed by atoms with Crippen LogP contribution in [-0.2, 0) is 4.74 Å². The lowest BCUT2D eigenvalue weighted by atomic mass is 10.0. The number of hydrogen-bond donors (Lipinski definition) is 0. The third-order valence-corrected chi connectivity index (χ3v) is 3.63. The fourth-order valence-electron chi connectivity index (χ4n) is 2.34. The van der Waals surface area contributed by atoms with Crippen LogP contribution < -0.4 is 9.64 Å². The summed E-state index contributed by atoms with van der Waals surface area (Å²) in [5.41, 5.74) is 2.56. The molecule has 0 amide bonds. The van der Waals surface area contributed by atoms with Gasteiger partial charge in [0.25, 0.3) is 0 Å². The molecule has 1 aliphatic rings. The largest absolute Gasteiger partial charge is 0.497 e. The summed E-state index contributed by atoms with van der Waals surface area (Å²) in [4.78, 5) is 2.35. The predicted molar refractivity (Wildman–Crippen MR) is 94.9 cm³/mol. The van der Waals surface area contributed by atoms with Crippen molar-refractivity contribution in [2.45, 2.75) is 33.3 Å². The average Bonchev–Trinajstić information content (AvgIpc) is 2.62. The van der Waals surface area contributed by atoms with Crippen LogP contribution in [0, 0.1) is 0 Å². The highest BCUT2D eigenvalue weighted by molar-refractivity contribution is 5.51. The standard InChI is InChI=1S/C17H23NO2.C2H6/c1-4-18(15-7-11-17(20-3)12-8-15)13-14-5-9-16(19-2)10-6-14;1-2/h5-9,11-12,16H,4,10,13H2,1-3H3;1-2H3. The number of benzene rings is 1. The van der Waals surface area contributed by atoms with Crippen molar-refractivity contribution in [3.05, 3.63) is 48.1 Å². The van der Waals surface area contributed by atoms with Gasteiger partial charge in [0.1, 0.15) is 5.75 Å². The highest BCUT2D eigenvalue weighted by Gasteiger charge is 2.10. The number of nitrogens with zero attached hydrogens (tertiary/aromatic N) is 1. The molecule has 1 unspecified atom stereocenters. The number of ether oxygens (including phenoxy) is 2. The Kier molecular flexibility index (Phi) is 8.38. The summed E-state index contributed by atoms with van der Waals surface area (Å²) in [6, 6.07) is 8.22. The van der Waals surface area contributed by atoms with Crippen molar-refractivity contribution in [3.8, 4) is 5.75 Å². The predicted octanol–water partition coefficient (Wildman–Crippen LogP) is 4.45. The first kappa shape index (κ1) is 18.3. The van der Waals surface area contributed by atoms with Gasteiger partial charge in [0.2, 0.25) is 0 Å². The van der Waals surface area contributed by atoms with Crippen molar-refractivity contribution >= 4 is 5.69 Å². The molecule has 3 nitrogen and oxygen atoms in total. The Morgan fingerprint density at radius 2 is 1.82 bits per heavy atom. The Morgan fingerprint density at radius 3 is 2.27 bits per heavy atom. The minimum Gasteiger partial charge on any atom is -0.497 e. The second-order valence-electron chi connectivity index (χ2n) is 4.86. The molecule has 0 fully saturated rings. The minimum atomic E-state index is 0.231. The molecule has 0 saturated heterocycles. The highest BCUT2D eigenvalue weighted by Crippen LogP contribution is 2.21. The van der Waals surface area contributed by atoms with Crippen LogP contribution in [0.5, 0.6) is 5.75 Å². The second-order valence-corrected chi connectivity index (χ2v) is 4.86. The maximum Gasteiger partial charge on any atom is 0.119 e. The maximum absolute atomic E-state index is 5.32. The average molecular weight is 303 g/mol. The Morgan fingerprint density at radius 1 is 1.14 bits per heavy atom. The Bertz CT molecular complexity index is 477. The van der Waals surface area contributed by atoms with E-state index in [9.17, 15) is 0 Å². The topological polar surface area (TPSA) is 21.7 Å². The van der Waals surface area contributed by atoms with Crippen molar-refractivity contribution in [1.82, 2.24) is 0 Å². The van der Waals surface area contributed by atoms with Crippen molar-refractivity contribution in [3.63, 3.8) is 0 Å². The van der Waals surface area contributed by atoms with E-state index in [-0.39, 0.29) is 6.10 Å². The summed E-state index contributed by atoms with van der Waals surface area (Å²) < 4.78 is 10.5. The van der Waals surface area contributed by atoms with Crippen LogP contribution in [0.4, 0.5) is 5.69 Å². The van der Waals surface area contributed by atoms with Gasteiger partial charge in [-0.1, -0.05) is 32.1 Å². The molecule has 122 valence electrons. The van der Waals surface area contributed by atoms with Gasteiger partial charge in [0, 0.05) is 25.9 Å². The lowest BCUT2D eigenvalue weighted by Gasteiger charge is -2.25. The van der Waals surface area contributed by atoms with E-state index in [0.717, 1.165) is 25.3 Å². The molecular weight excluding hydrogens is 274 g/mol. The molecule has 3 heteroatoms. The molecule has 1 atom stereocenters. The second kappa shape index (κ2) is 10.1. The van der Waals surface area contributed by atoms with E-state index in [1.807, 2.05) is 26.0 Å². The van der Waals surface area contributed by atoms with Crippen molar-refractivity contribution < 1.29 is 9.47 Å². The minimum absolute atomic E-state index is 0.231. The van der Waals surface area contributed by atoms with Gasteiger partial charge in [-0.05, 0) is 43.2 Å². The molecule has 0 spiro atoms. The quantitative estimate of drug-likeness (QED) is 0.775. The number of rotatable bonds is 6. The summed E-state index contributed by atoms with van der Waals surface area (Å²) in [7, 11) is 3.44.